The Kier molecular flexibility index (Phi) is 3.70. The van der Waals surface area contributed by atoms with Gasteiger partial charge in [0, 0.05) is 13.2 Å². The second-order valence-electron chi connectivity index (χ2n) is 6.50. The molecule has 2 fully saturated rings. The van der Waals surface area contributed by atoms with Crippen molar-refractivity contribution in [3.05, 3.63) is 0 Å². The van der Waals surface area contributed by atoms with E-state index in [2.05, 4.69) is 9.89 Å². The molecule has 19 heavy (non-hydrogen) atoms. The third-order valence-corrected chi connectivity index (χ3v) is 5.16. The van der Waals surface area contributed by atoms with E-state index in [9.17, 15) is 0 Å². The average molecular weight is 265 g/mol. The Balaban J connectivity index is 1.83. The van der Waals surface area contributed by atoms with E-state index in [0.29, 0.717) is 6.04 Å². The van der Waals surface area contributed by atoms with E-state index in [-0.39, 0.29) is 5.54 Å². The molecule has 3 rings (SSSR count). The Hall–Kier alpha value is -0.770. The molecule has 0 saturated heterocycles. The van der Waals surface area contributed by atoms with Crippen molar-refractivity contribution in [1.82, 2.24) is 4.90 Å². The fourth-order valence-corrected chi connectivity index (χ4v) is 4.09. The van der Waals surface area contributed by atoms with Gasteiger partial charge in [-0.1, -0.05) is 25.7 Å². The molecule has 1 atom stereocenters. The highest BCUT2D eigenvalue weighted by atomic mass is 16.5. The zero-order chi connectivity index (χ0) is 13.3. The first-order valence-corrected chi connectivity index (χ1v) is 7.86. The van der Waals surface area contributed by atoms with Crippen LogP contribution >= 0.6 is 0 Å². The standard InChI is InChI=1S/C15H27N3O/c1-19-11-15(12-8-9-12)10-17-14(16)18(15)13-6-4-2-3-5-7-13/h12-13H,2-11H2,1H3,(H2,16,17). The summed E-state index contributed by atoms with van der Waals surface area (Å²) < 4.78 is 5.56. The molecule has 0 amide bonds. The maximum Gasteiger partial charge on any atom is 0.192 e. The highest BCUT2D eigenvalue weighted by Crippen LogP contribution is 2.47. The van der Waals surface area contributed by atoms with Gasteiger partial charge in [0.25, 0.3) is 0 Å². The molecule has 2 aliphatic carbocycles. The van der Waals surface area contributed by atoms with Crippen LogP contribution in [0.4, 0.5) is 0 Å². The molecule has 0 aromatic carbocycles. The monoisotopic (exact) mass is 265 g/mol. The second kappa shape index (κ2) is 5.31. The summed E-state index contributed by atoms with van der Waals surface area (Å²) in [6, 6.07) is 0.587. The van der Waals surface area contributed by atoms with Crippen molar-refractivity contribution in [2.45, 2.75) is 62.9 Å². The molecule has 0 bridgehead atoms. The lowest BCUT2D eigenvalue weighted by molar-refractivity contribution is 0.0268. The van der Waals surface area contributed by atoms with Gasteiger partial charge in [-0.15, -0.1) is 0 Å². The van der Waals surface area contributed by atoms with Gasteiger partial charge in [0.15, 0.2) is 5.96 Å². The minimum absolute atomic E-state index is 0.0772. The highest BCUT2D eigenvalue weighted by molar-refractivity contribution is 5.81. The third kappa shape index (κ3) is 2.35. The minimum atomic E-state index is 0.0772. The van der Waals surface area contributed by atoms with Crippen LogP contribution in [0, 0.1) is 5.92 Å². The first kappa shape index (κ1) is 13.2. The molecule has 1 aliphatic heterocycles. The number of rotatable bonds is 4. The van der Waals surface area contributed by atoms with Crippen molar-refractivity contribution >= 4 is 5.96 Å². The SMILES string of the molecule is COCC1(C2CC2)CN=C(N)N1C1CCCCCC1. The maximum atomic E-state index is 6.25. The summed E-state index contributed by atoms with van der Waals surface area (Å²) in [6.45, 7) is 1.62. The summed E-state index contributed by atoms with van der Waals surface area (Å²) >= 11 is 0. The number of nitrogens with two attached hydrogens (primary N) is 1. The summed E-state index contributed by atoms with van der Waals surface area (Å²) in [4.78, 5) is 7.07. The van der Waals surface area contributed by atoms with Gasteiger partial charge < -0.3 is 15.4 Å². The molecule has 1 unspecified atom stereocenters. The Bertz CT molecular complexity index is 345. The van der Waals surface area contributed by atoms with Crippen LogP contribution in [0.2, 0.25) is 0 Å². The Morgan fingerprint density at radius 3 is 2.47 bits per heavy atom. The van der Waals surface area contributed by atoms with Gasteiger partial charge in [-0.25, -0.2) is 0 Å². The summed E-state index contributed by atoms with van der Waals surface area (Å²) in [7, 11) is 1.81. The van der Waals surface area contributed by atoms with Gasteiger partial charge in [0.2, 0.25) is 0 Å². The molecule has 1 heterocycles. The van der Waals surface area contributed by atoms with E-state index in [0.717, 1.165) is 25.0 Å². The number of nitrogens with zero attached hydrogens (tertiary/aromatic N) is 2. The van der Waals surface area contributed by atoms with Crippen LogP contribution < -0.4 is 5.73 Å². The van der Waals surface area contributed by atoms with Gasteiger partial charge >= 0.3 is 0 Å². The molecule has 0 aromatic heterocycles. The fraction of sp³-hybridized carbons (Fsp3) is 0.933. The molecular formula is C15H27N3O. The first-order valence-electron chi connectivity index (χ1n) is 7.86. The van der Waals surface area contributed by atoms with Gasteiger partial charge in [-0.2, -0.15) is 0 Å². The lowest BCUT2D eigenvalue weighted by Gasteiger charge is -2.44. The number of ether oxygens (including phenoxy) is 1. The molecule has 0 radical (unpaired) electrons. The minimum Gasteiger partial charge on any atom is -0.382 e. The van der Waals surface area contributed by atoms with Gasteiger partial charge in [0.1, 0.15) is 0 Å². The molecule has 4 nitrogen and oxygen atoms in total. The number of hydrogen-bond donors (Lipinski definition) is 1. The van der Waals surface area contributed by atoms with E-state index >= 15 is 0 Å². The van der Waals surface area contributed by atoms with E-state index < -0.39 is 0 Å². The Morgan fingerprint density at radius 1 is 1.21 bits per heavy atom. The summed E-state index contributed by atoms with van der Waals surface area (Å²) in [5, 5.41) is 0. The van der Waals surface area contributed by atoms with Crippen molar-refractivity contribution < 1.29 is 4.74 Å². The molecule has 4 heteroatoms. The highest BCUT2D eigenvalue weighted by Gasteiger charge is 2.54. The summed E-state index contributed by atoms with van der Waals surface area (Å²) in [5.74, 6) is 1.51. The third-order valence-electron chi connectivity index (χ3n) is 5.16. The van der Waals surface area contributed by atoms with Crippen molar-refractivity contribution in [2.24, 2.45) is 16.6 Å². The van der Waals surface area contributed by atoms with Crippen molar-refractivity contribution in [2.75, 3.05) is 20.3 Å². The summed E-state index contributed by atoms with van der Waals surface area (Å²) in [5.41, 5.74) is 6.33. The molecular weight excluding hydrogens is 238 g/mol. The molecule has 3 aliphatic rings. The van der Waals surface area contributed by atoms with Crippen LogP contribution in [0.1, 0.15) is 51.4 Å². The quantitative estimate of drug-likeness (QED) is 0.792. The van der Waals surface area contributed by atoms with Crippen molar-refractivity contribution in [1.29, 1.82) is 0 Å². The van der Waals surface area contributed by atoms with E-state index in [1.54, 1.807) is 0 Å². The molecule has 0 spiro atoms. The Labute approximate surface area is 116 Å². The number of hydrogen-bond acceptors (Lipinski definition) is 4. The number of methoxy groups -OCH3 is 1. The lowest BCUT2D eigenvalue weighted by atomic mass is 9.90. The largest absolute Gasteiger partial charge is 0.382 e. The van der Waals surface area contributed by atoms with Crippen LogP contribution in [-0.2, 0) is 4.74 Å². The zero-order valence-corrected chi connectivity index (χ0v) is 12.1. The zero-order valence-electron chi connectivity index (χ0n) is 12.1. The van der Waals surface area contributed by atoms with Crippen LogP contribution in [-0.4, -0.2) is 42.7 Å². The smallest absolute Gasteiger partial charge is 0.192 e. The molecule has 2 N–H and O–H groups in total. The van der Waals surface area contributed by atoms with E-state index in [1.165, 1.54) is 51.4 Å². The fourth-order valence-electron chi connectivity index (χ4n) is 4.09. The van der Waals surface area contributed by atoms with E-state index in [1.807, 2.05) is 7.11 Å². The topological polar surface area (TPSA) is 50.9 Å². The van der Waals surface area contributed by atoms with Crippen LogP contribution in [0.5, 0.6) is 0 Å². The predicted molar refractivity (Wildman–Crippen MR) is 77.1 cm³/mol. The number of guanidine groups is 1. The van der Waals surface area contributed by atoms with Crippen molar-refractivity contribution in [3.8, 4) is 0 Å². The van der Waals surface area contributed by atoms with Crippen LogP contribution in [0.25, 0.3) is 0 Å². The van der Waals surface area contributed by atoms with Crippen LogP contribution in [0.15, 0.2) is 4.99 Å². The maximum absolute atomic E-state index is 6.25. The number of aliphatic imine (C=N–C) groups is 1. The molecule has 108 valence electrons. The molecule has 2 saturated carbocycles. The van der Waals surface area contributed by atoms with E-state index in [4.69, 9.17) is 10.5 Å². The Morgan fingerprint density at radius 2 is 1.89 bits per heavy atom. The lowest BCUT2D eigenvalue weighted by Crippen LogP contribution is -2.60. The second-order valence-corrected chi connectivity index (χ2v) is 6.50. The van der Waals surface area contributed by atoms with Crippen LogP contribution in [0.3, 0.4) is 0 Å². The first-order chi connectivity index (χ1) is 9.28. The normalized spacial score (nSPS) is 33.3. The average Bonchev–Trinajstić information content (AvgIpc) is 3.21. The molecule has 0 aromatic rings. The van der Waals surface area contributed by atoms with Gasteiger partial charge in [-0.3, -0.25) is 4.99 Å². The predicted octanol–water partition coefficient (Wildman–Crippen LogP) is 2.13. The van der Waals surface area contributed by atoms with Gasteiger partial charge in [-0.05, 0) is 31.6 Å². The summed E-state index contributed by atoms with van der Waals surface area (Å²) in [6.07, 6.45) is 10.6. The van der Waals surface area contributed by atoms with Crippen molar-refractivity contribution in [3.63, 3.8) is 0 Å². The van der Waals surface area contributed by atoms with Gasteiger partial charge in [0.05, 0.1) is 18.7 Å².